The van der Waals surface area contributed by atoms with Crippen LogP contribution in [-0.4, -0.2) is 29.9 Å². The van der Waals surface area contributed by atoms with E-state index < -0.39 is 0 Å². The Morgan fingerprint density at radius 2 is 2.19 bits per heavy atom. The summed E-state index contributed by atoms with van der Waals surface area (Å²) in [7, 11) is 0. The van der Waals surface area contributed by atoms with Gasteiger partial charge >= 0.3 is 0 Å². The minimum Gasteiger partial charge on any atom is -0.325 e. The minimum absolute atomic E-state index is 0.0143. The van der Waals surface area contributed by atoms with Crippen LogP contribution in [0.1, 0.15) is 39.0 Å². The van der Waals surface area contributed by atoms with Gasteiger partial charge in [-0.15, -0.1) is 0 Å². The molecule has 1 heterocycles. The first kappa shape index (κ1) is 16.6. The zero-order valence-electron chi connectivity index (χ0n) is 12.4. The summed E-state index contributed by atoms with van der Waals surface area (Å²) in [6, 6.07) is 5.88. The predicted molar refractivity (Wildman–Crippen MR) is 89.2 cm³/mol. The van der Waals surface area contributed by atoms with E-state index in [1.165, 1.54) is 19.3 Å². The molecular formula is C16H22Cl2N2O. The number of carbonyl (C=O) groups is 1. The number of hydrogen-bond acceptors (Lipinski definition) is 2. The van der Waals surface area contributed by atoms with Gasteiger partial charge in [-0.3, -0.25) is 9.69 Å². The Balaban J connectivity index is 1.85. The SMILES string of the molecule is CCC1CCCCN1CCC(=O)Nc1cccc(Cl)c1Cl. The summed E-state index contributed by atoms with van der Waals surface area (Å²) >= 11 is 12.0. The first-order valence-corrected chi connectivity index (χ1v) is 8.35. The number of nitrogens with zero attached hydrogens (tertiary/aromatic N) is 1. The van der Waals surface area contributed by atoms with Crippen molar-refractivity contribution in [3.8, 4) is 0 Å². The number of nitrogens with one attached hydrogen (secondary N) is 1. The van der Waals surface area contributed by atoms with Gasteiger partial charge in [-0.25, -0.2) is 0 Å². The van der Waals surface area contributed by atoms with Crippen LogP contribution in [-0.2, 0) is 4.79 Å². The van der Waals surface area contributed by atoms with Gasteiger partial charge in [0.2, 0.25) is 5.91 Å². The van der Waals surface area contributed by atoms with Crippen LogP contribution in [0.2, 0.25) is 10.0 Å². The van der Waals surface area contributed by atoms with Crippen molar-refractivity contribution in [1.82, 2.24) is 4.90 Å². The van der Waals surface area contributed by atoms with E-state index in [1.807, 2.05) is 0 Å². The van der Waals surface area contributed by atoms with Crippen LogP contribution in [0.15, 0.2) is 18.2 Å². The third-order valence-electron chi connectivity index (χ3n) is 4.07. The van der Waals surface area contributed by atoms with Crippen molar-refractivity contribution in [3.05, 3.63) is 28.2 Å². The van der Waals surface area contributed by atoms with E-state index in [4.69, 9.17) is 23.2 Å². The number of rotatable bonds is 5. The van der Waals surface area contributed by atoms with Crippen LogP contribution in [0.4, 0.5) is 5.69 Å². The Morgan fingerprint density at radius 3 is 2.95 bits per heavy atom. The average Bonchev–Trinajstić information content (AvgIpc) is 2.50. The number of halogens is 2. The Kier molecular flexibility index (Phi) is 6.34. The van der Waals surface area contributed by atoms with Gasteiger partial charge in [0, 0.05) is 19.0 Å². The van der Waals surface area contributed by atoms with E-state index in [9.17, 15) is 4.79 Å². The number of benzene rings is 1. The quantitative estimate of drug-likeness (QED) is 0.857. The molecule has 1 unspecified atom stereocenters. The Labute approximate surface area is 136 Å². The molecule has 3 nitrogen and oxygen atoms in total. The first-order chi connectivity index (χ1) is 10.1. The van der Waals surface area contributed by atoms with Gasteiger partial charge in [-0.1, -0.05) is 42.6 Å². The van der Waals surface area contributed by atoms with Gasteiger partial charge < -0.3 is 5.32 Å². The molecule has 1 aromatic carbocycles. The number of likely N-dealkylation sites (tertiary alicyclic amines) is 1. The standard InChI is InChI=1S/C16H22Cl2N2O/c1-2-12-6-3-4-10-20(12)11-9-15(21)19-14-8-5-7-13(17)16(14)18/h5,7-8,12H,2-4,6,9-11H2,1H3,(H,19,21). The fourth-order valence-electron chi connectivity index (χ4n) is 2.87. The second kappa shape index (κ2) is 8.02. The summed E-state index contributed by atoms with van der Waals surface area (Å²) in [4.78, 5) is 14.5. The molecule has 116 valence electrons. The maximum Gasteiger partial charge on any atom is 0.225 e. The molecule has 2 rings (SSSR count). The van der Waals surface area contributed by atoms with E-state index in [2.05, 4.69) is 17.1 Å². The summed E-state index contributed by atoms with van der Waals surface area (Å²) in [5.74, 6) is -0.0143. The molecule has 21 heavy (non-hydrogen) atoms. The van der Waals surface area contributed by atoms with Gasteiger partial charge in [0.15, 0.2) is 0 Å². The number of carbonyl (C=O) groups excluding carboxylic acids is 1. The van der Waals surface area contributed by atoms with Gasteiger partial charge in [-0.05, 0) is 37.9 Å². The first-order valence-electron chi connectivity index (χ1n) is 7.59. The summed E-state index contributed by atoms with van der Waals surface area (Å²) in [6.07, 6.45) is 5.43. The van der Waals surface area contributed by atoms with Crippen LogP contribution >= 0.6 is 23.2 Å². The molecule has 1 aromatic rings. The van der Waals surface area contributed by atoms with E-state index >= 15 is 0 Å². The molecule has 1 fully saturated rings. The normalized spacial score (nSPS) is 19.5. The third-order valence-corrected chi connectivity index (χ3v) is 4.89. The lowest BCUT2D eigenvalue weighted by Crippen LogP contribution is -2.40. The molecule has 0 spiro atoms. The summed E-state index contributed by atoms with van der Waals surface area (Å²) in [5, 5.41) is 3.70. The van der Waals surface area contributed by atoms with Gasteiger partial charge in [0.05, 0.1) is 15.7 Å². The largest absolute Gasteiger partial charge is 0.325 e. The molecule has 1 saturated heterocycles. The lowest BCUT2D eigenvalue weighted by molar-refractivity contribution is -0.116. The second-order valence-electron chi connectivity index (χ2n) is 5.49. The van der Waals surface area contributed by atoms with Crippen LogP contribution < -0.4 is 5.32 Å². The van der Waals surface area contributed by atoms with E-state index in [0.717, 1.165) is 19.5 Å². The molecule has 1 aliphatic rings. The van der Waals surface area contributed by atoms with E-state index in [0.29, 0.717) is 28.2 Å². The predicted octanol–water partition coefficient (Wildman–Crippen LogP) is 4.59. The number of anilines is 1. The Bertz CT molecular complexity index is 493. The second-order valence-corrected chi connectivity index (χ2v) is 6.28. The molecule has 1 amide bonds. The fourth-order valence-corrected chi connectivity index (χ4v) is 3.22. The number of amides is 1. The highest BCUT2D eigenvalue weighted by molar-refractivity contribution is 6.43. The average molecular weight is 329 g/mol. The fraction of sp³-hybridized carbons (Fsp3) is 0.562. The monoisotopic (exact) mass is 328 g/mol. The van der Waals surface area contributed by atoms with Crippen LogP contribution in [0.5, 0.6) is 0 Å². The Morgan fingerprint density at radius 1 is 1.38 bits per heavy atom. The molecule has 0 saturated carbocycles. The molecule has 0 bridgehead atoms. The zero-order chi connectivity index (χ0) is 15.2. The van der Waals surface area contributed by atoms with Crippen LogP contribution in [0.25, 0.3) is 0 Å². The van der Waals surface area contributed by atoms with Crippen molar-refractivity contribution in [3.63, 3.8) is 0 Å². The molecule has 1 N–H and O–H groups in total. The van der Waals surface area contributed by atoms with Gasteiger partial charge in [-0.2, -0.15) is 0 Å². The van der Waals surface area contributed by atoms with Gasteiger partial charge in [0.25, 0.3) is 0 Å². The van der Waals surface area contributed by atoms with Gasteiger partial charge in [0.1, 0.15) is 0 Å². The lowest BCUT2D eigenvalue weighted by Gasteiger charge is -2.35. The minimum atomic E-state index is -0.0143. The number of hydrogen-bond donors (Lipinski definition) is 1. The van der Waals surface area contributed by atoms with Crippen molar-refractivity contribution < 1.29 is 4.79 Å². The highest BCUT2D eigenvalue weighted by Crippen LogP contribution is 2.29. The van der Waals surface area contributed by atoms with Crippen molar-refractivity contribution in [2.75, 3.05) is 18.4 Å². The topological polar surface area (TPSA) is 32.3 Å². The summed E-state index contributed by atoms with van der Waals surface area (Å²) in [5.41, 5.74) is 0.583. The smallest absolute Gasteiger partial charge is 0.225 e. The van der Waals surface area contributed by atoms with Crippen molar-refractivity contribution in [1.29, 1.82) is 0 Å². The summed E-state index contributed by atoms with van der Waals surface area (Å²) < 4.78 is 0. The highest BCUT2D eigenvalue weighted by atomic mass is 35.5. The lowest BCUT2D eigenvalue weighted by atomic mass is 10.00. The molecule has 1 aliphatic heterocycles. The van der Waals surface area contributed by atoms with E-state index in [-0.39, 0.29) is 5.91 Å². The molecule has 1 atom stereocenters. The molecule has 0 aromatic heterocycles. The van der Waals surface area contributed by atoms with Crippen molar-refractivity contribution in [2.24, 2.45) is 0 Å². The number of piperidine rings is 1. The Hall–Kier alpha value is -0.770. The highest BCUT2D eigenvalue weighted by Gasteiger charge is 2.21. The maximum atomic E-state index is 12.1. The molecule has 0 aliphatic carbocycles. The van der Waals surface area contributed by atoms with Crippen molar-refractivity contribution >= 4 is 34.8 Å². The molecule has 5 heteroatoms. The maximum absolute atomic E-state index is 12.1. The molecule has 0 radical (unpaired) electrons. The van der Waals surface area contributed by atoms with Crippen LogP contribution in [0, 0.1) is 0 Å². The third kappa shape index (κ3) is 4.60. The van der Waals surface area contributed by atoms with Crippen molar-refractivity contribution in [2.45, 2.75) is 45.1 Å². The molecular weight excluding hydrogens is 307 g/mol. The zero-order valence-corrected chi connectivity index (χ0v) is 13.9. The van der Waals surface area contributed by atoms with E-state index in [1.54, 1.807) is 18.2 Å². The summed E-state index contributed by atoms with van der Waals surface area (Å²) in [6.45, 7) is 4.13. The van der Waals surface area contributed by atoms with Crippen LogP contribution in [0.3, 0.4) is 0 Å².